The van der Waals surface area contributed by atoms with E-state index in [4.69, 9.17) is 0 Å². The molecule has 0 aliphatic heterocycles. The fraction of sp³-hybridized carbons (Fsp3) is 0.444. The highest BCUT2D eigenvalue weighted by Gasteiger charge is 2.24. The van der Waals surface area contributed by atoms with E-state index in [0.717, 1.165) is 16.5 Å². The number of nitrogens with zero attached hydrogens (tertiary/aromatic N) is 1. The van der Waals surface area contributed by atoms with E-state index in [1.54, 1.807) is 0 Å². The molecule has 2 rings (SSSR count). The maximum absolute atomic E-state index is 12.5. The lowest BCUT2D eigenvalue weighted by molar-refractivity contribution is -0.129. The van der Waals surface area contributed by atoms with Crippen LogP contribution in [-0.2, 0) is 11.2 Å². The maximum atomic E-state index is 12.5. The Bertz CT molecular complexity index is 688. The number of hydrogen-bond acceptors (Lipinski definition) is 2. The molecule has 1 aromatic heterocycles. The van der Waals surface area contributed by atoms with Crippen molar-refractivity contribution in [2.45, 2.75) is 52.6 Å². The van der Waals surface area contributed by atoms with Crippen LogP contribution < -0.4 is 5.32 Å². The van der Waals surface area contributed by atoms with Gasteiger partial charge in [-0.25, -0.2) is 4.79 Å². The van der Waals surface area contributed by atoms with Crippen molar-refractivity contribution in [3.8, 4) is 0 Å². The van der Waals surface area contributed by atoms with Gasteiger partial charge in [0.25, 0.3) is 0 Å². The first-order valence-corrected chi connectivity index (χ1v) is 8.07. The molecule has 0 spiro atoms. The Morgan fingerprint density at radius 1 is 1.17 bits per heavy atom. The van der Waals surface area contributed by atoms with Crippen LogP contribution in [0.15, 0.2) is 30.5 Å². The third-order valence-corrected chi connectivity index (χ3v) is 3.70. The number of hydrogen-bond donors (Lipinski definition) is 2. The van der Waals surface area contributed by atoms with Gasteiger partial charge in [-0.05, 0) is 45.7 Å². The van der Waals surface area contributed by atoms with Crippen molar-refractivity contribution < 1.29 is 9.59 Å². The molecule has 0 fully saturated rings. The third-order valence-electron chi connectivity index (χ3n) is 3.70. The van der Waals surface area contributed by atoms with Crippen LogP contribution in [0.2, 0.25) is 0 Å². The van der Waals surface area contributed by atoms with Gasteiger partial charge in [-0.1, -0.05) is 18.2 Å². The molecule has 0 atom stereocenters. The Morgan fingerprint density at radius 3 is 2.52 bits per heavy atom. The van der Waals surface area contributed by atoms with Crippen LogP contribution in [0.3, 0.4) is 0 Å². The number of para-hydroxylation sites is 1. The van der Waals surface area contributed by atoms with E-state index >= 15 is 0 Å². The Balaban J connectivity index is 2.05. The number of fused-ring (bicyclic) bond motifs is 1. The fourth-order valence-corrected chi connectivity index (χ4v) is 2.65. The zero-order chi connectivity index (χ0) is 17.0. The van der Waals surface area contributed by atoms with Crippen molar-refractivity contribution in [1.82, 2.24) is 15.2 Å². The van der Waals surface area contributed by atoms with Crippen molar-refractivity contribution in [2.24, 2.45) is 0 Å². The van der Waals surface area contributed by atoms with Crippen molar-refractivity contribution in [1.29, 1.82) is 0 Å². The molecule has 5 heteroatoms. The molecule has 1 heterocycles. The van der Waals surface area contributed by atoms with E-state index in [-0.39, 0.29) is 24.0 Å². The zero-order valence-electron chi connectivity index (χ0n) is 14.2. The minimum Gasteiger partial charge on any atom is -0.361 e. The number of rotatable bonds is 5. The first-order chi connectivity index (χ1) is 10.9. The SMILES string of the molecule is CC(C)NC(=O)N(C(=O)CCc1c[nH]c2ccccc12)C(C)C. The van der Waals surface area contributed by atoms with E-state index < -0.39 is 0 Å². The predicted molar refractivity (Wildman–Crippen MR) is 92.3 cm³/mol. The summed E-state index contributed by atoms with van der Waals surface area (Å²) in [4.78, 5) is 29.2. The summed E-state index contributed by atoms with van der Waals surface area (Å²) < 4.78 is 0. The normalized spacial score (nSPS) is 11.2. The van der Waals surface area contributed by atoms with Crippen LogP contribution in [0, 0.1) is 0 Å². The number of imide groups is 1. The Hall–Kier alpha value is -2.30. The third kappa shape index (κ3) is 4.12. The topological polar surface area (TPSA) is 65.2 Å². The number of aromatic amines is 1. The van der Waals surface area contributed by atoms with Crippen molar-refractivity contribution in [3.05, 3.63) is 36.0 Å². The van der Waals surface area contributed by atoms with Gasteiger partial charge >= 0.3 is 6.03 Å². The van der Waals surface area contributed by atoms with E-state index in [9.17, 15) is 9.59 Å². The summed E-state index contributed by atoms with van der Waals surface area (Å²) in [6, 6.07) is 7.53. The summed E-state index contributed by atoms with van der Waals surface area (Å²) in [7, 11) is 0. The number of urea groups is 1. The predicted octanol–water partition coefficient (Wildman–Crippen LogP) is 3.46. The van der Waals surface area contributed by atoms with E-state index in [0.29, 0.717) is 12.8 Å². The molecule has 124 valence electrons. The zero-order valence-corrected chi connectivity index (χ0v) is 14.2. The number of amides is 3. The van der Waals surface area contributed by atoms with Crippen molar-refractivity contribution >= 4 is 22.8 Å². The van der Waals surface area contributed by atoms with Gasteiger partial charge in [-0.2, -0.15) is 0 Å². The highest BCUT2D eigenvalue weighted by atomic mass is 16.2. The average molecular weight is 315 g/mol. The molecule has 0 aliphatic rings. The summed E-state index contributed by atoms with van der Waals surface area (Å²) in [6.45, 7) is 7.46. The van der Waals surface area contributed by atoms with Gasteiger partial charge in [0.15, 0.2) is 0 Å². The summed E-state index contributed by atoms with van der Waals surface area (Å²) in [5.74, 6) is -0.150. The monoisotopic (exact) mass is 315 g/mol. The van der Waals surface area contributed by atoms with E-state index in [1.165, 1.54) is 4.90 Å². The quantitative estimate of drug-likeness (QED) is 0.887. The standard InChI is InChI=1S/C18H25N3O2/c1-12(2)20-18(23)21(13(3)4)17(22)10-9-14-11-19-16-8-6-5-7-15(14)16/h5-8,11-13,19H,9-10H2,1-4H3,(H,20,23). The second kappa shape index (κ2) is 7.31. The Labute approximate surface area is 137 Å². The van der Waals surface area contributed by atoms with Crippen LogP contribution in [0.4, 0.5) is 4.79 Å². The first-order valence-electron chi connectivity index (χ1n) is 8.07. The highest BCUT2D eigenvalue weighted by molar-refractivity contribution is 5.95. The van der Waals surface area contributed by atoms with Gasteiger partial charge in [0.2, 0.25) is 5.91 Å². The maximum Gasteiger partial charge on any atom is 0.324 e. The smallest absolute Gasteiger partial charge is 0.324 e. The van der Waals surface area contributed by atoms with Crippen LogP contribution in [0.1, 0.15) is 39.7 Å². The molecule has 5 nitrogen and oxygen atoms in total. The summed E-state index contributed by atoms with van der Waals surface area (Å²) in [5.41, 5.74) is 2.16. The lowest BCUT2D eigenvalue weighted by Crippen LogP contribution is -2.49. The lowest BCUT2D eigenvalue weighted by atomic mass is 10.1. The largest absolute Gasteiger partial charge is 0.361 e. The highest BCUT2D eigenvalue weighted by Crippen LogP contribution is 2.19. The molecule has 0 saturated heterocycles. The minimum absolute atomic E-state index is 0.00478. The molecule has 2 N–H and O–H groups in total. The molecule has 0 aliphatic carbocycles. The van der Waals surface area contributed by atoms with Crippen LogP contribution in [0.25, 0.3) is 10.9 Å². The number of aromatic nitrogens is 1. The number of H-pyrrole nitrogens is 1. The number of carbonyl (C=O) groups excluding carboxylic acids is 2. The Kier molecular flexibility index (Phi) is 5.42. The second-order valence-corrected chi connectivity index (χ2v) is 6.32. The van der Waals surface area contributed by atoms with Gasteiger partial charge in [0.1, 0.15) is 0 Å². The van der Waals surface area contributed by atoms with Crippen molar-refractivity contribution in [3.63, 3.8) is 0 Å². The Morgan fingerprint density at radius 2 is 1.87 bits per heavy atom. The summed E-state index contributed by atoms with van der Waals surface area (Å²) in [6.07, 6.45) is 2.86. The number of aryl methyl sites for hydroxylation is 1. The van der Waals surface area contributed by atoms with Gasteiger partial charge in [0, 0.05) is 35.6 Å². The molecule has 3 amide bonds. The lowest BCUT2D eigenvalue weighted by Gasteiger charge is -2.26. The second-order valence-electron chi connectivity index (χ2n) is 6.32. The van der Waals surface area contributed by atoms with Crippen LogP contribution in [-0.4, -0.2) is 33.9 Å². The molecule has 0 radical (unpaired) electrons. The summed E-state index contributed by atoms with van der Waals surface area (Å²) in [5, 5.41) is 3.92. The molecule has 2 aromatic rings. The fourth-order valence-electron chi connectivity index (χ4n) is 2.65. The van der Waals surface area contributed by atoms with Gasteiger partial charge in [-0.3, -0.25) is 9.69 Å². The summed E-state index contributed by atoms with van der Waals surface area (Å²) >= 11 is 0. The van der Waals surface area contributed by atoms with Gasteiger partial charge in [-0.15, -0.1) is 0 Å². The molecule has 23 heavy (non-hydrogen) atoms. The average Bonchev–Trinajstić information content (AvgIpc) is 2.87. The molecule has 0 bridgehead atoms. The first kappa shape index (κ1) is 17.1. The van der Waals surface area contributed by atoms with Gasteiger partial charge in [0.05, 0.1) is 0 Å². The molecular weight excluding hydrogens is 290 g/mol. The van der Waals surface area contributed by atoms with E-state index in [1.807, 2.05) is 58.2 Å². The number of carbonyl (C=O) groups is 2. The molecule has 1 aromatic carbocycles. The number of benzene rings is 1. The molecule has 0 unspecified atom stereocenters. The molecular formula is C18H25N3O2. The van der Waals surface area contributed by atoms with Gasteiger partial charge < -0.3 is 10.3 Å². The minimum atomic E-state index is -0.320. The molecule has 0 saturated carbocycles. The van der Waals surface area contributed by atoms with Crippen LogP contribution >= 0.6 is 0 Å². The van der Waals surface area contributed by atoms with Crippen LogP contribution in [0.5, 0.6) is 0 Å². The number of nitrogens with one attached hydrogen (secondary N) is 2. The van der Waals surface area contributed by atoms with E-state index in [2.05, 4.69) is 10.3 Å². The van der Waals surface area contributed by atoms with Crippen molar-refractivity contribution in [2.75, 3.05) is 0 Å².